The lowest BCUT2D eigenvalue weighted by Crippen LogP contribution is -2.56. The summed E-state index contributed by atoms with van der Waals surface area (Å²) >= 11 is 0. The Labute approximate surface area is 118 Å². The van der Waals surface area contributed by atoms with Gasteiger partial charge in [-0.3, -0.25) is 0 Å². The topological polar surface area (TPSA) is 38.5 Å². The van der Waals surface area contributed by atoms with Crippen molar-refractivity contribution in [3.05, 3.63) is 29.3 Å². The van der Waals surface area contributed by atoms with Crippen molar-refractivity contribution in [3.63, 3.8) is 0 Å². The van der Waals surface area contributed by atoms with Crippen molar-refractivity contribution in [2.24, 2.45) is 0 Å². The molecular weight excluding hydrogens is 234 g/mol. The van der Waals surface area contributed by atoms with E-state index in [9.17, 15) is 0 Å². The Kier molecular flexibility index (Phi) is 3.97. The largest absolute Gasteiger partial charge is 0.399 e. The van der Waals surface area contributed by atoms with Crippen LogP contribution in [0.3, 0.4) is 0 Å². The molecule has 1 aromatic carbocycles. The van der Waals surface area contributed by atoms with Crippen LogP contribution in [-0.4, -0.2) is 45.9 Å². The van der Waals surface area contributed by atoms with Gasteiger partial charge in [0, 0.05) is 18.8 Å². The maximum Gasteiger partial charge on any atom is 0.122 e. The fraction of sp³-hybridized carbons (Fsp3) is 0.571. The highest BCUT2D eigenvalue weighted by atomic mass is 16.5. The molecule has 0 radical (unpaired) electrons. The first-order valence-corrected chi connectivity index (χ1v) is 7.08. The summed E-state index contributed by atoms with van der Waals surface area (Å²) in [5.41, 5.74) is 9.44. The van der Waals surface area contributed by atoms with E-state index in [0.29, 0.717) is 0 Å². The minimum Gasteiger partial charge on any atom is -0.399 e. The molecule has 1 aliphatic rings. The van der Waals surface area contributed by atoms with Gasteiger partial charge >= 0.3 is 0 Å². The van der Waals surface area contributed by atoms with Crippen molar-refractivity contribution in [2.75, 3.05) is 18.8 Å². The van der Waals surface area contributed by atoms with E-state index in [2.05, 4.69) is 47.4 Å². The molecule has 2 unspecified atom stereocenters. The van der Waals surface area contributed by atoms with Crippen molar-refractivity contribution in [3.8, 4) is 0 Å². The third kappa shape index (κ3) is 2.82. The third-order valence-corrected chi connectivity index (χ3v) is 4.24. The Morgan fingerprint density at radius 3 is 2.42 bits per heavy atom. The molecule has 1 heterocycles. The average Bonchev–Trinajstić information content (AvgIpc) is 2.31. The van der Waals surface area contributed by atoms with E-state index in [1.54, 1.807) is 0 Å². The van der Waals surface area contributed by atoms with Gasteiger partial charge in [0.25, 0.3) is 0 Å². The highest BCUT2D eigenvalue weighted by molar-refractivity contribution is 6.39. The van der Waals surface area contributed by atoms with E-state index >= 15 is 0 Å². The zero-order valence-corrected chi connectivity index (χ0v) is 12.7. The molecule has 102 valence electrons. The molecule has 1 aromatic rings. The van der Waals surface area contributed by atoms with E-state index in [0.717, 1.165) is 18.8 Å². The first-order valence-electron chi connectivity index (χ1n) is 7.08. The Bertz CT molecular complexity index is 455. The summed E-state index contributed by atoms with van der Waals surface area (Å²) in [6.07, 6.45) is 0.564. The van der Waals surface area contributed by atoms with Gasteiger partial charge in [0.05, 0.1) is 12.2 Å². The van der Waals surface area contributed by atoms with Gasteiger partial charge in [0.1, 0.15) is 15.7 Å². The molecule has 2 N–H and O–H groups in total. The van der Waals surface area contributed by atoms with Crippen LogP contribution in [0.5, 0.6) is 0 Å². The predicted molar refractivity (Wildman–Crippen MR) is 85.9 cm³/mol. The van der Waals surface area contributed by atoms with Gasteiger partial charge in [0.2, 0.25) is 0 Å². The second-order valence-corrected chi connectivity index (χ2v) is 6.24. The Morgan fingerprint density at radius 2 is 1.84 bits per heavy atom. The molecule has 0 amide bonds. The van der Waals surface area contributed by atoms with E-state index < -0.39 is 0 Å². The molecule has 2 rings (SSSR count). The molecule has 1 saturated heterocycles. The normalized spacial score (nSPS) is 25.4. The van der Waals surface area contributed by atoms with Crippen molar-refractivity contribution < 1.29 is 4.74 Å². The molecule has 5 heteroatoms. The van der Waals surface area contributed by atoms with Crippen molar-refractivity contribution in [2.45, 2.75) is 38.3 Å². The molecule has 0 aliphatic carbocycles. The second-order valence-electron chi connectivity index (χ2n) is 6.24. The van der Waals surface area contributed by atoms with Crippen molar-refractivity contribution in [1.29, 1.82) is 0 Å². The van der Waals surface area contributed by atoms with Crippen molar-refractivity contribution in [1.82, 2.24) is 4.90 Å². The molecule has 3 nitrogen and oxygen atoms in total. The molecular formula is C14H24B2N2O. The van der Waals surface area contributed by atoms with Crippen LogP contribution in [0.1, 0.15) is 25.0 Å². The number of nitrogens with two attached hydrogens (primary N) is 1. The molecule has 0 saturated carbocycles. The average molecular weight is 258 g/mol. The first kappa shape index (κ1) is 14.5. The fourth-order valence-electron chi connectivity index (χ4n) is 3.12. The van der Waals surface area contributed by atoms with Crippen LogP contribution in [0.25, 0.3) is 0 Å². The van der Waals surface area contributed by atoms with E-state index in [1.807, 2.05) is 12.1 Å². The van der Waals surface area contributed by atoms with Crippen LogP contribution in [-0.2, 0) is 10.1 Å². The van der Waals surface area contributed by atoms with Crippen molar-refractivity contribution >= 4 is 21.4 Å². The minimum absolute atomic E-state index is 0.0221. The summed E-state index contributed by atoms with van der Waals surface area (Å²) in [7, 11) is 4.55. The van der Waals surface area contributed by atoms with Crippen LogP contribution in [0.2, 0.25) is 0 Å². The van der Waals surface area contributed by atoms with Gasteiger partial charge in [-0.05, 0) is 43.3 Å². The van der Waals surface area contributed by atoms with Gasteiger partial charge in [-0.1, -0.05) is 12.1 Å². The number of anilines is 1. The quantitative estimate of drug-likeness (QED) is 0.602. The minimum atomic E-state index is -0.0221. The Hall–Kier alpha value is -0.930. The van der Waals surface area contributed by atoms with E-state index in [4.69, 9.17) is 10.5 Å². The monoisotopic (exact) mass is 258 g/mol. The molecule has 0 aromatic heterocycles. The number of rotatable bonds is 2. The highest BCUT2D eigenvalue weighted by Crippen LogP contribution is 2.30. The molecule has 2 atom stereocenters. The highest BCUT2D eigenvalue weighted by Gasteiger charge is 2.35. The van der Waals surface area contributed by atoms with Gasteiger partial charge in [0.15, 0.2) is 0 Å². The summed E-state index contributed by atoms with van der Waals surface area (Å²) in [5.74, 6) is 0. The van der Waals surface area contributed by atoms with Crippen LogP contribution < -0.4 is 5.73 Å². The van der Waals surface area contributed by atoms with Crippen LogP contribution in [0, 0.1) is 6.92 Å². The lowest BCUT2D eigenvalue weighted by atomic mass is 9.55. The molecule has 0 bridgehead atoms. The summed E-state index contributed by atoms with van der Waals surface area (Å²) in [6.45, 7) is 8.33. The Balaban J connectivity index is 2.33. The second kappa shape index (κ2) is 5.22. The molecule has 1 aliphatic heterocycles. The summed E-state index contributed by atoms with van der Waals surface area (Å²) in [4.78, 5) is 2.51. The van der Waals surface area contributed by atoms with E-state index in [-0.39, 0.29) is 17.5 Å². The zero-order chi connectivity index (χ0) is 14.2. The van der Waals surface area contributed by atoms with Gasteiger partial charge in [-0.15, -0.1) is 0 Å². The first-order chi connectivity index (χ1) is 8.82. The summed E-state index contributed by atoms with van der Waals surface area (Å²) in [5, 5.41) is -0.0221. The number of nitrogen functional groups attached to an aromatic ring is 1. The molecule has 19 heavy (non-hydrogen) atoms. The maximum atomic E-state index is 6.06. The standard InChI is InChI=1S/C14H24B2N2O/c1-9-7-18(8-10(2)19-9)14(15,16)12-5-4-6-13(17)11(12)3/h4-6,9-10H,7-8,15-17H2,1-3H3. The number of morpholine rings is 1. The zero-order valence-electron chi connectivity index (χ0n) is 12.7. The van der Waals surface area contributed by atoms with Gasteiger partial charge < -0.3 is 15.4 Å². The number of benzene rings is 1. The number of nitrogens with zero attached hydrogens (tertiary/aromatic N) is 1. The molecule has 0 spiro atoms. The summed E-state index contributed by atoms with van der Waals surface area (Å²) in [6, 6.07) is 6.21. The van der Waals surface area contributed by atoms with E-state index in [1.165, 1.54) is 11.1 Å². The van der Waals surface area contributed by atoms with Crippen LogP contribution >= 0.6 is 0 Å². The summed E-state index contributed by atoms with van der Waals surface area (Å²) < 4.78 is 5.84. The van der Waals surface area contributed by atoms with Gasteiger partial charge in [-0.25, -0.2) is 0 Å². The number of ether oxygens (including phenoxy) is 1. The SMILES string of the molecule is BC(B)(c1cccc(N)c1C)N1CC(C)OC(C)C1. The number of hydrogen-bond donors (Lipinski definition) is 1. The Morgan fingerprint density at radius 1 is 1.26 bits per heavy atom. The van der Waals surface area contributed by atoms with Crippen LogP contribution in [0.15, 0.2) is 18.2 Å². The fourth-order valence-corrected chi connectivity index (χ4v) is 3.12. The lowest BCUT2D eigenvalue weighted by molar-refractivity contribution is -0.0777. The van der Waals surface area contributed by atoms with Gasteiger partial charge in [-0.2, -0.15) is 0 Å². The molecule has 1 fully saturated rings. The number of hydrogen-bond acceptors (Lipinski definition) is 3. The predicted octanol–water partition coefficient (Wildman–Crippen LogP) is 0.0629. The smallest absolute Gasteiger partial charge is 0.122 e. The maximum absolute atomic E-state index is 6.06. The lowest BCUT2D eigenvalue weighted by Gasteiger charge is -2.46. The third-order valence-electron chi connectivity index (χ3n) is 4.24. The van der Waals surface area contributed by atoms with Crippen LogP contribution in [0.4, 0.5) is 5.69 Å².